The molecule has 100 valence electrons. The summed E-state index contributed by atoms with van der Waals surface area (Å²) in [5.74, 6) is 6.99. The van der Waals surface area contributed by atoms with Crippen LogP contribution in [0.4, 0.5) is 0 Å². The second-order valence-electron chi connectivity index (χ2n) is 5.09. The third kappa shape index (κ3) is 5.39. The van der Waals surface area contributed by atoms with Gasteiger partial charge in [0, 0.05) is 12.6 Å². The standard InChI is InChI=1S/C13H28N4/c1-3-4-10-15-13(17-14)16-12-9-7-5-6-8-11(12)2/h11-12H,3-10,14H2,1-2H3,(H2,15,16,17). The molecule has 4 nitrogen and oxygen atoms in total. The van der Waals surface area contributed by atoms with Gasteiger partial charge in [-0.3, -0.25) is 10.4 Å². The van der Waals surface area contributed by atoms with Crippen LogP contribution in [0.3, 0.4) is 0 Å². The highest BCUT2D eigenvalue weighted by atomic mass is 15.3. The Morgan fingerprint density at radius 2 is 2.06 bits per heavy atom. The van der Waals surface area contributed by atoms with Crippen LogP contribution in [-0.2, 0) is 0 Å². The minimum Gasteiger partial charge on any atom is -0.352 e. The van der Waals surface area contributed by atoms with Crippen LogP contribution >= 0.6 is 0 Å². The van der Waals surface area contributed by atoms with E-state index in [2.05, 4.69) is 29.6 Å². The molecule has 4 N–H and O–H groups in total. The van der Waals surface area contributed by atoms with Crippen molar-refractivity contribution in [3.8, 4) is 0 Å². The zero-order valence-corrected chi connectivity index (χ0v) is 11.3. The van der Waals surface area contributed by atoms with E-state index in [0.29, 0.717) is 12.0 Å². The van der Waals surface area contributed by atoms with E-state index >= 15 is 0 Å². The van der Waals surface area contributed by atoms with Crippen molar-refractivity contribution in [3.05, 3.63) is 0 Å². The number of nitrogens with zero attached hydrogens (tertiary/aromatic N) is 1. The molecule has 0 heterocycles. The summed E-state index contributed by atoms with van der Waals surface area (Å²) in [4.78, 5) is 4.46. The van der Waals surface area contributed by atoms with E-state index in [-0.39, 0.29) is 0 Å². The van der Waals surface area contributed by atoms with Crippen molar-refractivity contribution >= 4 is 5.96 Å². The summed E-state index contributed by atoms with van der Waals surface area (Å²) in [6, 6.07) is 0.522. The normalized spacial score (nSPS) is 26.4. The van der Waals surface area contributed by atoms with Crippen LogP contribution in [0.15, 0.2) is 4.99 Å². The smallest absolute Gasteiger partial charge is 0.205 e. The average Bonchev–Trinajstić information content (AvgIpc) is 2.53. The Morgan fingerprint density at radius 1 is 1.29 bits per heavy atom. The van der Waals surface area contributed by atoms with E-state index in [1.54, 1.807) is 0 Å². The number of hydrogen-bond acceptors (Lipinski definition) is 2. The molecule has 4 heteroatoms. The number of guanidine groups is 1. The molecular weight excluding hydrogens is 212 g/mol. The van der Waals surface area contributed by atoms with Crippen molar-refractivity contribution < 1.29 is 0 Å². The Bertz CT molecular complexity index is 227. The number of aliphatic imine (C=N–C) groups is 1. The Kier molecular flexibility index (Phi) is 7.01. The molecule has 1 saturated carbocycles. The van der Waals surface area contributed by atoms with E-state index in [9.17, 15) is 0 Å². The summed E-state index contributed by atoms with van der Waals surface area (Å²) in [6.07, 6.45) is 8.86. The van der Waals surface area contributed by atoms with Gasteiger partial charge in [0.05, 0.1) is 0 Å². The van der Waals surface area contributed by atoms with Gasteiger partial charge in [-0.1, -0.05) is 39.5 Å². The minimum absolute atomic E-state index is 0.522. The summed E-state index contributed by atoms with van der Waals surface area (Å²) < 4.78 is 0. The van der Waals surface area contributed by atoms with Crippen LogP contribution in [0.1, 0.15) is 58.8 Å². The Balaban J connectivity index is 2.44. The number of unbranched alkanes of at least 4 members (excludes halogenated alkanes) is 1. The zero-order valence-electron chi connectivity index (χ0n) is 11.3. The first-order valence-electron chi connectivity index (χ1n) is 7.05. The van der Waals surface area contributed by atoms with E-state index in [1.807, 2.05) is 0 Å². The lowest BCUT2D eigenvalue weighted by Gasteiger charge is -2.24. The molecule has 0 aromatic heterocycles. The summed E-state index contributed by atoms with van der Waals surface area (Å²) in [6.45, 7) is 5.35. The van der Waals surface area contributed by atoms with Crippen LogP contribution in [0.25, 0.3) is 0 Å². The van der Waals surface area contributed by atoms with Crippen LogP contribution in [0, 0.1) is 5.92 Å². The van der Waals surface area contributed by atoms with Crippen molar-refractivity contribution in [1.82, 2.24) is 10.7 Å². The van der Waals surface area contributed by atoms with Gasteiger partial charge in [-0.25, -0.2) is 5.84 Å². The maximum absolute atomic E-state index is 5.51. The largest absolute Gasteiger partial charge is 0.352 e. The molecule has 0 amide bonds. The van der Waals surface area contributed by atoms with E-state index in [4.69, 9.17) is 5.84 Å². The molecule has 2 atom stereocenters. The predicted octanol–water partition coefficient (Wildman–Crippen LogP) is 2.16. The lowest BCUT2D eigenvalue weighted by atomic mass is 9.97. The summed E-state index contributed by atoms with van der Waals surface area (Å²) in [7, 11) is 0. The Hall–Kier alpha value is -0.770. The number of nitrogens with one attached hydrogen (secondary N) is 2. The van der Waals surface area contributed by atoms with Crippen LogP contribution in [-0.4, -0.2) is 18.5 Å². The molecule has 17 heavy (non-hydrogen) atoms. The maximum atomic E-state index is 5.51. The molecule has 0 radical (unpaired) electrons. The van der Waals surface area contributed by atoms with E-state index in [0.717, 1.165) is 18.9 Å². The third-order valence-electron chi connectivity index (χ3n) is 3.60. The molecule has 0 saturated heterocycles. The molecule has 0 aromatic rings. The second-order valence-corrected chi connectivity index (χ2v) is 5.09. The van der Waals surface area contributed by atoms with E-state index < -0.39 is 0 Å². The molecule has 0 spiro atoms. The molecule has 0 aliphatic heterocycles. The molecular formula is C13H28N4. The fraction of sp³-hybridized carbons (Fsp3) is 0.923. The molecule has 1 fully saturated rings. The van der Waals surface area contributed by atoms with Gasteiger partial charge >= 0.3 is 0 Å². The highest BCUT2D eigenvalue weighted by Gasteiger charge is 2.20. The number of hydrogen-bond donors (Lipinski definition) is 3. The van der Waals surface area contributed by atoms with Crippen LogP contribution in [0.5, 0.6) is 0 Å². The monoisotopic (exact) mass is 240 g/mol. The summed E-state index contributed by atoms with van der Waals surface area (Å²) in [5.41, 5.74) is 2.69. The average molecular weight is 240 g/mol. The van der Waals surface area contributed by atoms with Gasteiger partial charge in [-0.2, -0.15) is 0 Å². The first-order valence-corrected chi connectivity index (χ1v) is 7.05. The Labute approximate surface area is 105 Å². The molecule has 1 aliphatic carbocycles. The topological polar surface area (TPSA) is 62.4 Å². The van der Waals surface area contributed by atoms with Crippen molar-refractivity contribution in [2.45, 2.75) is 64.8 Å². The molecule has 2 unspecified atom stereocenters. The SMILES string of the molecule is CCCCN=C(NN)NC1CCCCCC1C. The van der Waals surface area contributed by atoms with Gasteiger partial charge < -0.3 is 5.32 Å². The fourth-order valence-electron chi connectivity index (χ4n) is 2.37. The summed E-state index contributed by atoms with van der Waals surface area (Å²) in [5, 5.41) is 3.47. The van der Waals surface area contributed by atoms with Crippen LogP contribution in [0.2, 0.25) is 0 Å². The van der Waals surface area contributed by atoms with Gasteiger partial charge in [0.15, 0.2) is 0 Å². The minimum atomic E-state index is 0.522. The highest BCUT2D eigenvalue weighted by molar-refractivity contribution is 5.79. The molecule has 0 bridgehead atoms. The Morgan fingerprint density at radius 3 is 2.76 bits per heavy atom. The van der Waals surface area contributed by atoms with Gasteiger partial charge in [-0.05, 0) is 25.2 Å². The lowest BCUT2D eigenvalue weighted by molar-refractivity contribution is 0.396. The highest BCUT2D eigenvalue weighted by Crippen LogP contribution is 2.22. The van der Waals surface area contributed by atoms with Crippen molar-refractivity contribution in [1.29, 1.82) is 0 Å². The van der Waals surface area contributed by atoms with E-state index in [1.165, 1.54) is 38.5 Å². The second kappa shape index (κ2) is 8.34. The summed E-state index contributed by atoms with van der Waals surface area (Å²) >= 11 is 0. The van der Waals surface area contributed by atoms with Gasteiger partial charge in [0.2, 0.25) is 5.96 Å². The van der Waals surface area contributed by atoms with Crippen molar-refractivity contribution in [3.63, 3.8) is 0 Å². The number of hydrazine groups is 1. The molecule has 0 aromatic carbocycles. The van der Waals surface area contributed by atoms with Gasteiger partial charge in [-0.15, -0.1) is 0 Å². The van der Waals surface area contributed by atoms with Crippen molar-refractivity contribution in [2.24, 2.45) is 16.8 Å². The lowest BCUT2D eigenvalue weighted by Crippen LogP contribution is -2.48. The number of rotatable bonds is 4. The number of nitrogens with two attached hydrogens (primary N) is 1. The fourth-order valence-corrected chi connectivity index (χ4v) is 2.37. The van der Waals surface area contributed by atoms with Gasteiger partial charge in [0.1, 0.15) is 0 Å². The quantitative estimate of drug-likeness (QED) is 0.176. The first kappa shape index (κ1) is 14.3. The maximum Gasteiger partial charge on any atom is 0.205 e. The zero-order chi connectivity index (χ0) is 12.5. The molecule has 1 aliphatic rings. The van der Waals surface area contributed by atoms with Crippen LogP contribution < -0.4 is 16.6 Å². The first-order chi connectivity index (χ1) is 8.27. The predicted molar refractivity (Wildman–Crippen MR) is 73.7 cm³/mol. The molecule has 1 rings (SSSR count). The third-order valence-corrected chi connectivity index (χ3v) is 3.60. The van der Waals surface area contributed by atoms with Gasteiger partial charge in [0.25, 0.3) is 0 Å². The van der Waals surface area contributed by atoms with Crippen molar-refractivity contribution in [2.75, 3.05) is 6.54 Å².